The first kappa shape index (κ1) is 14.2. The van der Waals surface area contributed by atoms with Crippen molar-refractivity contribution in [2.75, 3.05) is 24.5 Å². The zero-order valence-electron chi connectivity index (χ0n) is 13.2. The molecule has 0 bridgehead atoms. The molecule has 4 heteroatoms. The van der Waals surface area contributed by atoms with E-state index in [0.717, 1.165) is 47.7 Å². The number of piperazine rings is 1. The van der Waals surface area contributed by atoms with Gasteiger partial charge in [0, 0.05) is 36.6 Å². The molecule has 1 fully saturated rings. The van der Waals surface area contributed by atoms with Crippen molar-refractivity contribution in [3.05, 3.63) is 54.6 Å². The van der Waals surface area contributed by atoms with Gasteiger partial charge in [-0.15, -0.1) is 0 Å². The molecular formula is C19H20N4. The van der Waals surface area contributed by atoms with E-state index in [2.05, 4.69) is 53.5 Å². The van der Waals surface area contributed by atoms with Gasteiger partial charge < -0.3 is 10.2 Å². The summed E-state index contributed by atoms with van der Waals surface area (Å²) in [6.07, 6.45) is 0. The van der Waals surface area contributed by atoms with Crippen molar-refractivity contribution in [3.63, 3.8) is 0 Å². The summed E-state index contributed by atoms with van der Waals surface area (Å²) in [5.41, 5.74) is 3.15. The molecule has 2 heterocycles. The Morgan fingerprint density at radius 3 is 2.61 bits per heavy atom. The molecule has 0 unspecified atom stereocenters. The molecular weight excluding hydrogens is 284 g/mol. The maximum absolute atomic E-state index is 4.93. The molecule has 4 rings (SSSR count). The van der Waals surface area contributed by atoms with Gasteiger partial charge in [-0.05, 0) is 13.0 Å². The summed E-state index contributed by atoms with van der Waals surface area (Å²) < 4.78 is 0. The highest BCUT2D eigenvalue weighted by Gasteiger charge is 2.22. The standard InChI is InChI=1S/C19H20N4/c1-14-13-20-11-12-23(14)19-21-17-10-6-5-9-16(17)18(22-19)15-7-3-2-4-8-15/h2-10,14,20H,11-13H2,1H3/t14-/m1/s1. The van der Waals surface area contributed by atoms with Gasteiger partial charge in [0.2, 0.25) is 5.95 Å². The fourth-order valence-electron chi connectivity index (χ4n) is 3.15. The van der Waals surface area contributed by atoms with E-state index in [1.54, 1.807) is 0 Å². The van der Waals surface area contributed by atoms with Crippen LogP contribution in [0.25, 0.3) is 22.2 Å². The van der Waals surface area contributed by atoms with Gasteiger partial charge in [-0.3, -0.25) is 0 Å². The third-order valence-electron chi connectivity index (χ3n) is 4.40. The number of anilines is 1. The monoisotopic (exact) mass is 304 g/mol. The first-order valence-corrected chi connectivity index (χ1v) is 8.12. The molecule has 116 valence electrons. The second-order valence-corrected chi connectivity index (χ2v) is 6.00. The molecule has 0 aliphatic carbocycles. The third kappa shape index (κ3) is 2.66. The van der Waals surface area contributed by atoms with E-state index < -0.39 is 0 Å². The summed E-state index contributed by atoms with van der Waals surface area (Å²) >= 11 is 0. The minimum Gasteiger partial charge on any atom is -0.336 e. The predicted molar refractivity (Wildman–Crippen MR) is 94.7 cm³/mol. The van der Waals surface area contributed by atoms with E-state index in [1.165, 1.54) is 0 Å². The number of nitrogens with zero attached hydrogens (tertiary/aromatic N) is 3. The van der Waals surface area contributed by atoms with E-state index in [-0.39, 0.29) is 0 Å². The van der Waals surface area contributed by atoms with Crippen molar-refractivity contribution in [1.29, 1.82) is 0 Å². The van der Waals surface area contributed by atoms with Crippen LogP contribution in [0.5, 0.6) is 0 Å². The first-order chi connectivity index (χ1) is 11.3. The van der Waals surface area contributed by atoms with Crippen molar-refractivity contribution in [2.45, 2.75) is 13.0 Å². The highest BCUT2D eigenvalue weighted by molar-refractivity contribution is 5.93. The topological polar surface area (TPSA) is 41.0 Å². The summed E-state index contributed by atoms with van der Waals surface area (Å²) in [6, 6.07) is 19.0. The Morgan fingerprint density at radius 1 is 1.00 bits per heavy atom. The van der Waals surface area contributed by atoms with Crippen LogP contribution in [0.15, 0.2) is 54.6 Å². The van der Waals surface area contributed by atoms with Gasteiger partial charge in [0.25, 0.3) is 0 Å². The van der Waals surface area contributed by atoms with E-state index >= 15 is 0 Å². The molecule has 1 saturated heterocycles. The quantitative estimate of drug-likeness (QED) is 0.790. The number of para-hydroxylation sites is 1. The van der Waals surface area contributed by atoms with Crippen LogP contribution in [-0.2, 0) is 0 Å². The molecule has 0 saturated carbocycles. The smallest absolute Gasteiger partial charge is 0.226 e. The van der Waals surface area contributed by atoms with Crippen LogP contribution in [0.2, 0.25) is 0 Å². The van der Waals surface area contributed by atoms with Gasteiger partial charge in [-0.2, -0.15) is 0 Å². The van der Waals surface area contributed by atoms with Crippen LogP contribution in [-0.4, -0.2) is 35.6 Å². The lowest BCUT2D eigenvalue weighted by molar-refractivity contribution is 0.493. The molecule has 0 spiro atoms. The molecule has 1 aromatic heterocycles. The summed E-state index contributed by atoms with van der Waals surface area (Å²) in [5, 5.41) is 4.52. The highest BCUT2D eigenvalue weighted by atomic mass is 15.3. The lowest BCUT2D eigenvalue weighted by atomic mass is 10.1. The fraction of sp³-hybridized carbons (Fsp3) is 0.263. The maximum Gasteiger partial charge on any atom is 0.226 e. The Labute approximate surface area is 136 Å². The summed E-state index contributed by atoms with van der Waals surface area (Å²) in [5.74, 6) is 0.830. The molecule has 1 aliphatic rings. The lowest BCUT2D eigenvalue weighted by Gasteiger charge is -2.34. The van der Waals surface area contributed by atoms with E-state index in [9.17, 15) is 0 Å². The average Bonchev–Trinajstić information content (AvgIpc) is 2.62. The van der Waals surface area contributed by atoms with Crippen molar-refractivity contribution in [2.24, 2.45) is 0 Å². The molecule has 1 N–H and O–H groups in total. The Kier molecular flexibility index (Phi) is 3.67. The van der Waals surface area contributed by atoms with Crippen LogP contribution in [0.4, 0.5) is 5.95 Å². The summed E-state index contributed by atoms with van der Waals surface area (Å²) in [4.78, 5) is 12.1. The van der Waals surface area contributed by atoms with Crippen molar-refractivity contribution < 1.29 is 0 Å². The molecule has 4 nitrogen and oxygen atoms in total. The van der Waals surface area contributed by atoms with E-state index in [4.69, 9.17) is 9.97 Å². The Hall–Kier alpha value is -2.46. The van der Waals surface area contributed by atoms with Gasteiger partial charge in [0.1, 0.15) is 0 Å². The molecule has 2 aromatic carbocycles. The molecule has 0 amide bonds. The lowest BCUT2D eigenvalue weighted by Crippen LogP contribution is -2.50. The highest BCUT2D eigenvalue weighted by Crippen LogP contribution is 2.28. The summed E-state index contributed by atoms with van der Waals surface area (Å²) in [7, 11) is 0. The number of aromatic nitrogens is 2. The molecule has 0 radical (unpaired) electrons. The maximum atomic E-state index is 4.93. The fourth-order valence-corrected chi connectivity index (χ4v) is 3.15. The van der Waals surface area contributed by atoms with Gasteiger partial charge in [0.05, 0.1) is 11.2 Å². The van der Waals surface area contributed by atoms with Crippen LogP contribution < -0.4 is 10.2 Å². The van der Waals surface area contributed by atoms with E-state index in [1.807, 2.05) is 18.2 Å². The minimum atomic E-state index is 0.397. The normalized spacial score (nSPS) is 18.3. The largest absolute Gasteiger partial charge is 0.336 e. The predicted octanol–water partition coefficient (Wildman–Crippen LogP) is 3.09. The van der Waals surface area contributed by atoms with Gasteiger partial charge >= 0.3 is 0 Å². The second-order valence-electron chi connectivity index (χ2n) is 6.00. The number of fused-ring (bicyclic) bond motifs is 1. The van der Waals surface area contributed by atoms with Crippen molar-refractivity contribution in [1.82, 2.24) is 15.3 Å². The van der Waals surface area contributed by atoms with Crippen LogP contribution in [0, 0.1) is 0 Å². The molecule has 23 heavy (non-hydrogen) atoms. The van der Waals surface area contributed by atoms with Crippen molar-refractivity contribution >= 4 is 16.9 Å². The van der Waals surface area contributed by atoms with Crippen LogP contribution in [0.1, 0.15) is 6.92 Å². The molecule has 1 aliphatic heterocycles. The van der Waals surface area contributed by atoms with E-state index in [0.29, 0.717) is 6.04 Å². The van der Waals surface area contributed by atoms with Gasteiger partial charge in [-0.1, -0.05) is 48.5 Å². The first-order valence-electron chi connectivity index (χ1n) is 8.12. The molecule has 3 aromatic rings. The van der Waals surface area contributed by atoms with Gasteiger partial charge in [0.15, 0.2) is 0 Å². The summed E-state index contributed by atoms with van der Waals surface area (Å²) in [6.45, 7) is 5.10. The average molecular weight is 304 g/mol. The number of rotatable bonds is 2. The minimum absolute atomic E-state index is 0.397. The Bertz CT molecular complexity index is 816. The third-order valence-corrected chi connectivity index (χ3v) is 4.40. The Balaban J connectivity index is 1.90. The number of hydrogen-bond acceptors (Lipinski definition) is 4. The number of nitrogens with one attached hydrogen (secondary N) is 1. The van der Waals surface area contributed by atoms with Crippen molar-refractivity contribution in [3.8, 4) is 11.3 Å². The Morgan fingerprint density at radius 2 is 1.78 bits per heavy atom. The SMILES string of the molecule is C[C@@H]1CNCCN1c1nc(-c2ccccc2)c2ccccc2n1. The zero-order chi connectivity index (χ0) is 15.6. The number of benzene rings is 2. The number of hydrogen-bond donors (Lipinski definition) is 1. The zero-order valence-corrected chi connectivity index (χ0v) is 13.2. The molecule has 1 atom stereocenters. The second kappa shape index (κ2) is 5.97. The van der Waals surface area contributed by atoms with Crippen LogP contribution in [0.3, 0.4) is 0 Å². The van der Waals surface area contributed by atoms with Crippen LogP contribution >= 0.6 is 0 Å². The van der Waals surface area contributed by atoms with Gasteiger partial charge in [-0.25, -0.2) is 9.97 Å².